The van der Waals surface area contributed by atoms with Crippen LogP contribution in [-0.2, 0) is 0 Å². The summed E-state index contributed by atoms with van der Waals surface area (Å²) >= 11 is 0. The molecule has 1 rings (SSSR count). The van der Waals surface area contributed by atoms with Crippen LogP contribution in [0, 0.1) is 22.7 Å². The predicted octanol–water partition coefficient (Wildman–Crippen LogP) is 5.28. The quantitative estimate of drug-likeness (QED) is 0.552. The zero-order valence-electron chi connectivity index (χ0n) is 11.7. The van der Waals surface area contributed by atoms with Crippen molar-refractivity contribution in [2.24, 2.45) is 22.7 Å². The Hall–Kier alpha value is 0. The predicted molar refractivity (Wildman–Crippen MR) is 69.0 cm³/mol. The topological polar surface area (TPSA) is 0 Å². The number of rotatable bonds is 1. The first-order chi connectivity index (χ1) is 6.70. The van der Waals surface area contributed by atoms with E-state index in [0.29, 0.717) is 10.8 Å². The minimum absolute atomic E-state index is 0.505. The van der Waals surface area contributed by atoms with Crippen molar-refractivity contribution in [3.8, 4) is 0 Å². The zero-order valence-corrected chi connectivity index (χ0v) is 11.7. The van der Waals surface area contributed by atoms with E-state index < -0.39 is 0 Å². The second-order valence-electron chi connectivity index (χ2n) is 7.78. The molecule has 0 radical (unpaired) electrons. The maximum Gasteiger partial charge on any atom is -0.0337 e. The van der Waals surface area contributed by atoms with Crippen LogP contribution in [0.4, 0.5) is 0 Å². The van der Waals surface area contributed by atoms with Gasteiger partial charge in [0.25, 0.3) is 0 Å². The normalized spacial score (nSPS) is 29.2. The van der Waals surface area contributed by atoms with Gasteiger partial charge in [0.1, 0.15) is 0 Å². The molecule has 2 unspecified atom stereocenters. The average Bonchev–Trinajstić information content (AvgIpc) is 1.99. The fraction of sp³-hybridized carbons (Fsp3) is 1.00. The summed E-state index contributed by atoms with van der Waals surface area (Å²) in [4.78, 5) is 0. The van der Waals surface area contributed by atoms with E-state index in [0.717, 1.165) is 11.8 Å². The van der Waals surface area contributed by atoms with Gasteiger partial charge in [0.2, 0.25) is 0 Å². The van der Waals surface area contributed by atoms with Crippen molar-refractivity contribution in [3.05, 3.63) is 0 Å². The highest BCUT2D eigenvalue weighted by Crippen LogP contribution is 2.45. The van der Waals surface area contributed by atoms with E-state index in [-0.39, 0.29) is 0 Å². The summed E-state index contributed by atoms with van der Waals surface area (Å²) < 4.78 is 0. The van der Waals surface area contributed by atoms with Crippen LogP contribution in [0.2, 0.25) is 0 Å². The number of hydrogen-bond acceptors (Lipinski definition) is 0. The summed E-state index contributed by atoms with van der Waals surface area (Å²) in [7, 11) is 0. The van der Waals surface area contributed by atoms with Crippen LogP contribution in [0.3, 0.4) is 0 Å². The lowest BCUT2D eigenvalue weighted by molar-refractivity contribution is 0.0772. The Balaban J connectivity index is 2.66. The second kappa shape index (κ2) is 4.47. The highest BCUT2D eigenvalue weighted by Gasteiger charge is 2.35. The van der Waals surface area contributed by atoms with E-state index >= 15 is 0 Å². The summed E-state index contributed by atoms with van der Waals surface area (Å²) in [6.45, 7) is 14.5. The van der Waals surface area contributed by atoms with E-state index in [1.807, 2.05) is 0 Å². The standard InChI is InChI=1S/C15H30/c1-14(2,3)11-12-9-7-8-10-13(12)15(4,5)6/h12-13H,7-11H2,1-6H3. The summed E-state index contributed by atoms with van der Waals surface area (Å²) in [6.07, 6.45) is 7.27. The largest absolute Gasteiger partial charge is 0.0602 e. The van der Waals surface area contributed by atoms with Gasteiger partial charge in [-0.3, -0.25) is 0 Å². The van der Waals surface area contributed by atoms with Crippen molar-refractivity contribution in [1.29, 1.82) is 0 Å². The molecule has 1 aliphatic rings. The molecule has 0 aromatic heterocycles. The molecule has 0 aromatic carbocycles. The van der Waals surface area contributed by atoms with Crippen molar-refractivity contribution >= 4 is 0 Å². The van der Waals surface area contributed by atoms with Gasteiger partial charge in [-0.25, -0.2) is 0 Å². The first kappa shape index (κ1) is 13.1. The van der Waals surface area contributed by atoms with Crippen LogP contribution >= 0.6 is 0 Å². The smallest absolute Gasteiger partial charge is 0.0337 e. The van der Waals surface area contributed by atoms with Gasteiger partial charge in [0.15, 0.2) is 0 Å². The van der Waals surface area contributed by atoms with E-state index in [2.05, 4.69) is 41.5 Å². The fourth-order valence-corrected chi connectivity index (χ4v) is 3.38. The summed E-state index contributed by atoms with van der Waals surface area (Å²) in [5, 5.41) is 0. The molecule has 0 heteroatoms. The van der Waals surface area contributed by atoms with Gasteiger partial charge >= 0.3 is 0 Å². The maximum atomic E-state index is 2.43. The van der Waals surface area contributed by atoms with Crippen LogP contribution in [0.25, 0.3) is 0 Å². The van der Waals surface area contributed by atoms with E-state index in [1.165, 1.54) is 32.1 Å². The lowest BCUT2D eigenvalue weighted by Crippen LogP contribution is -2.33. The molecule has 15 heavy (non-hydrogen) atoms. The monoisotopic (exact) mass is 210 g/mol. The van der Waals surface area contributed by atoms with Crippen molar-refractivity contribution in [2.45, 2.75) is 73.6 Å². The minimum atomic E-state index is 0.505. The molecule has 1 fully saturated rings. The third-order valence-corrected chi connectivity index (χ3v) is 3.90. The number of hydrogen-bond donors (Lipinski definition) is 0. The molecule has 1 saturated carbocycles. The highest BCUT2D eigenvalue weighted by atomic mass is 14.4. The molecule has 0 N–H and O–H groups in total. The van der Waals surface area contributed by atoms with Gasteiger partial charge in [-0.15, -0.1) is 0 Å². The molecule has 0 spiro atoms. The van der Waals surface area contributed by atoms with E-state index in [9.17, 15) is 0 Å². The van der Waals surface area contributed by atoms with Gasteiger partial charge in [-0.1, -0.05) is 60.8 Å². The maximum absolute atomic E-state index is 2.43. The van der Waals surface area contributed by atoms with Crippen molar-refractivity contribution in [1.82, 2.24) is 0 Å². The second-order valence-corrected chi connectivity index (χ2v) is 7.78. The van der Waals surface area contributed by atoms with Crippen LogP contribution in [0.1, 0.15) is 73.6 Å². The van der Waals surface area contributed by atoms with Crippen LogP contribution in [-0.4, -0.2) is 0 Å². The third-order valence-electron chi connectivity index (χ3n) is 3.90. The Kier molecular flexibility index (Phi) is 3.90. The van der Waals surface area contributed by atoms with E-state index in [4.69, 9.17) is 0 Å². The Bertz CT molecular complexity index is 189. The van der Waals surface area contributed by atoms with Gasteiger partial charge in [-0.2, -0.15) is 0 Å². The van der Waals surface area contributed by atoms with Gasteiger partial charge in [0, 0.05) is 0 Å². The first-order valence-electron chi connectivity index (χ1n) is 6.70. The van der Waals surface area contributed by atoms with Crippen LogP contribution in [0.15, 0.2) is 0 Å². The molecule has 90 valence electrons. The molecule has 0 amide bonds. The lowest BCUT2D eigenvalue weighted by Gasteiger charge is -2.43. The van der Waals surface area contributed by atoms with Gasteiger partial charge in [-0.05, 0) is 35.5 Å². The van der Waals surface area contributed by atoms with Gasteiger partial charge < -0.3 is 0 Å². The van der Waals surface area contributed by atoms with Crippen molar-refractivity contribution in [2.75, 3.05) is 0 Å². The minimum Gasteiger partial charge on any atom is -0.0602 e. The Morgan fingerprint density at radius 1 is 0.867 bits per heavy atom. The molecule has 1 aliphatic carbocycles. The third kappa shape index (κ3) is 4.17. The molecule has 2 atom stereocenters. The Labute approximate surface area is 96.8 Å². The van der Waals surface area contributed by atoms with Crippen molar-refractivity contribution in [3.63, 3.8) is 0 Å². The molecule has 0 aliphatic heterocycles. The molecular formula is C15H30. The SMILES string of the molecule is CC(C)(C)CC1CCCCC1C(C)(C)C. The lowest BCUT2D eigenvalue weighted by atomic mass is 9.63. The Morgan fingerprint density at radius 2 is 1.40 bits per heavy atom. The first-order valence-corrected chi connectivity index (χ1v) is 6.70. The molecule has 0 saturated heterocycles. The zero-order chi connectivity index (χ0) is 11.7. The molecular weight excluding hydrogens is 180 g/mol. The molecule has 0 heterocycles. The molecule has 0 aromatic rings. The summed E-state index contributed by atoms with van der Waals surface area (Å²) in [5.41, 5.74) is 1.02. The molecule has 0 bridgehead atoms. The highest BCUT2D eigenvalue weighted by molar-refractivity contribution is 4.86. The van der Waals surface area contributed by atoms with Gasteiger partial charge in [0.05, 0.1) is 0 Å². The summed E-state index contributed by atoms with van der Waals surface area (Å²) in [5.74, 6) is 1.92. The van der Waals surface area contributed by atoms with Crippen LogP contribution in [0.5, 0.6) is 0 Å². The average molecular weight is 210 g/mol. The summed E-state index contributed by atoms with van der Waals surface area (Å²) in [6, 6.07) is 0. The Morgan fingerprint density at radius 3 is 1.87 bits per heavy atom. The fourth-order valence-electron chi connectivity index (χ4n) is 3.38. The van der Waals surface area contributed by atoms with Crippen molar-refractivity contribution < 1.29 is 0 Å². The molecule has 0 nitrogen and oxygen atoms in total. The van der Waals surface area contributed by atoms with E-state index in [1.54, 1.807) is 0 Å². The van der Waals surface area contributed by atoms with Crippen LogP contribution < -0.4 is 0 Å².